The molecule has 0 saturated carbocycles. The summed E-state index contributed by atoms with van der Waals surface area (Å²) in [4.78, 5) is 22.2. The lowest BCUT2D eigenvalue weighted by Crippen LogP contribution is -2.50. The second-order valence-corrected chi connectivity index (χ2v) is 12.7. The number of sulfonamides is 1. The van der Waals surface area contributed by atoms with E-state index >= 15 is 0 Å². The Morgan fingerprint density at radius 3 is 2.36 bits per heavy atom. The molecule has 0 bridgehead atoms. The van der Waals surface area contributed by atoms with Gasteiger partial charge in [0.05, 0.1) is 14.9 Å². The number of likely N-dealkylation sites (tertiary alicyclic amines) is 1. The summed E-state index contributed by atoms with van der Waals surface area (Å²) in [6, 6.07) is 19.7. The normalized spacial score (nSPS) is 21.3. The minimum atomic E-state index is -3.54. The summed E-state index contributed by atoms with van der Waals surface area (Å²) < 4.78 is 28.4. The highest BCUT2D eigenvalue weighted by Gasteiger charge is 2.38. The Kier molecular flexibility index (Phi) is 8.89. The van der Waals surface area contributed by atoms with Gasteiger partial charge >= 0.3 is 0 Å². The Hall–Kier alpha value is -2.49. The Labute approximate surface area is 240 Å². The number of hydrogen-bond acceptors (Lipinski definition) is 5. The first-order chi connectivity index (χ1) is 18.8. The largest absolute Gasteiger partial charge is 0.303 e. The Morgan fingerprint density at radius 2 is 1.67 bits per heavy atom. The molecule has 1 unspecified atom stereocenters. The number of aromatic nitrogens is 1. The van der Waals surface area contributed by atoms with E-state index in [1.165, 1.54) is 0 Å². The molecule has 3 aromatic rings. The number of carbonyl (C=O) groups excluding carboxylic acids is 1. The number of carbonyl (C=O) groups is 1. The first-order valence-corrected chi connectivity index (χ1v) is 15.5. The summed E-state index contributed by atoms with van der Waals surface area (Å²) in [7, 11) is -3.54. The average Bonchev–Trinajstić information content (AvgIpc) is 2.95. The summed E-state index contributed by atoms with van der Waals surface area (Å²) in [6.07, 6.45) is 5.10. The molecular formula is C29H32Cl2N4O3S. The fourth-order valence-electron chi connectivity index (χ4n) is 5.69. The van der Waals surface area contributed by atoms with E-state index < -0.39 is 10.0 Å². The lowest BCUT2D eigenvalue weighted by atomic mass is 9.81. The topological polar surface area (TPSA) is 82.6 Å². The SMILES string of the molecule is O=C1CC[C@@H](c2ccc(Cl)c(Cl)c2)C(CCN2CCC(NS(=O)(=O)c3ccccc3)CC2)N1c1ccccn1. The fraction of sp³-hybridized carbons (Fsp3) is 0.379. The number of hydrogen-bond donors (Lipinski definition) is 1. The molecule has 2 aliphatic rings. The van der Waals surface area contributed by atoms with Crippen LogP contribution in [-0.4, -0.2) is 55.9 Å². The molecule has 10 heteroatoms. The molecule has 1 N–H and O–H groups in total. The van der Waals surface area contributed by atoms with E-state index in [4.69, 9.17) is 23.2 Å². The van der Waals surface area contributed by atoms with Crippen molar-refractivity contribution in [2.45, 2.75) is 55.0 Å². The molecular weight excluding hydrogens is 555 g/mol. The van der Waals surface area contributed by atoms with Crippen molar-refractivity contribution >= 4 is 45.0 Å². The summed E-state index contributed by atoms with van der Waals surface area (Å²) in [6.45, 7) is 2.35. The summed E-state index contributed by atoms with van der Waals surface area (Å²) >= 11 is 12.6. The van der Waals surface area contributed by atoms with Gasteiger partial charge in [-0.2, -0.15) is 0 Å². The number of halogens is 2. The predicted molar refractivity (Wildman–Crippen MR) is 155 cm³/mol. The number of nitrogens with zero attached hydrogens (tertiary/aromatic N) is 3. The van der Waals surface area contributed by atoms with E-state index in [0.717, 1.165) is 50.9 Å². The number of nitrogens with one attached hydrogen (secondary N) is 1. The molecule has 2 aliphatic heterocycles. The van der Waals surface area contributed by atoms with E-state index in [9.17, 15) is 13.2 Å². The van der Waals surface area contributed by atoms with Gasteiger partial charge in [-0.25, -0.2) is 18.1 Å². The first kappa shape index (κ1) is 28.1. The van der Waals surface area contributed by atoms with Crippen molar-refractivity contribution in [2.75, 3.05) is 24.5 Å². The molecule has 0 spiro atoms. The lowest BCUT2D eigenvalue weighted by Gasteiger charge is -2.42. The number of benzene rings is 2. The smallest absolute Gasteiger partial charge is 0.240 e. The number of amides is 1. The molecule has 7 nitrogen and oxygen atoms in total. The third-order valence-corrected chi connectivity index (χ3v) is 9.98. The van der Waals surface area contributed by atoms with Crippen LogP contribution < -0.4 is 9.62 Å². The van der Waals surface area contributed by atoms with Gasteiger partial charge in [0.1, 0.15) is 5.82 Å². The van der Waals surface area contributed by atoms with Gasteiger partial charge in [0.2, 0.25) is 15.9 Å². The Bertz CT molecular complexity index is 1380. The van der Waals surface area contributed by atoms with Crippen LogP contribution in [0.5, 0.6) is 0 Å². The van der Waals surface area contributed by atoms with Gasteiger partial charge in [-0.3, -0.25) is 9.69 Å². The molecule has 1 aromatic heterocycles. The van der Waals surface area contributed by atoms with Crippen LogP contribution in [-0.2, 0) is 14.8 Å². The van der Waals surface area contributed by atoms with Crippen molar-refractivity contribution in [1.82, 2.24) is 14.6 Å². The quantitative estimate of drug-likeness (QED) is 0.377. The van der Waals surface area contributed by atoms with E-state index in [1.54, 1.807) is 36.5 Å². The zero-order valence-corrected chi connectivity index (χ0v) is 23.9. The fourth-order valence-corrected chi connectivity index (χ4v) is 7.32. The van der Waals surface area contributed by atoms with Gasteiger partial charge in [0.15, 0.2) is 0 Å². The monoisotopic (exact) mass is 586 g/mol. The Balaban J connectivity index is 1.28. The van der Waals surface area contributed by atoms with E-state index in [2.05, 4.69) is 14.6 Å². The highest BCUT2D eigenvalue weighted by molar-refractivity contribution is 7.89. The van der Waals surface area contributed by atoms with Crippen LogP contribution in [0.2, 0.25) is 10.0 Å². The molecule has 5 rings (SSSR count). The summed E-state index contributed by atoms with van der Waals surface area (Å²) in [5, 5.41) is 1.02. The maximum Gasteiger partial charge on any atom is 0.240 e. The molecule has 206 valence electrons. The zero-order valence-electron chi connectivity index (χ0n) is 21.5. The lowest BCUT2D eigenvalue weighted by molar-refractivity contribution is -0.120. The molecule has 2 aromatic carbocycles. The molecule has 0 aliphatic carbocycles. The van der Waals surface area contributed by atoms with Crippen LogP contribution >= 0.6 is 23.2 Å². The van der Waals surface area contributed by atoms with Crippen molar-refractivity contribution in [1.29, 1.82) is 0 Å². The molecule has 2 fully saturated rings. The number of piperidine rings is 2. The van der Waals surface area contributed by atoms with Gasteiger partial charge in [0.25, 0.3) is 0 Å². The number of anilines is 1. The van der Waals surface area contributed by atoms with Crippen LogP contribution in [0, 0.1) is 0 Å². The molecule has 0 radical (unpaired) electrons. The van der Waals surface area contributed by atoms with Gasteiger partial charge in [-0.05, 0) is 80.7 Å². The third kappa shape index (κ3) is 6.64. The highest BCUT2D eigenvalue weighted by atomic mass is 35.5. The van der Waals surface area contributed by atoms with Crippen LogP contribution in [0.1, 0.15) is 43.6 Å². The first-order valence-electron chi connectivity index (χ1n) is 13.3. The maximum absolute atomic E-state index is 13.2. The van der Waals surface area contributed by atoms with Crippen molar-refractivity contribution in [3.05, 3.63) is 88.5 Å². The summed E-state index contributed by atoms with van der Waals surface area (Å²) in [5.74, 6) is 0.824. The van der Waals surface area contributed by atoms with Gasteiger partial charge < -0.3 is 4.90 Å². The molecule has 1 amide bonds. The molecule has 3 heterocycles. The minimum absolute atomic E-state index is 0.0732. The van der Waals surface area contributed by atoms with Gasteiger partial charge in [-0.15, -0.1) is 0 Å². The van der Waals surface area contributed by atoms with Gasteiger partial charge in [-0.1, -0.05) is 53.5 Å². The zero-order chi connectivity index (χ0) is 27.4. The number of pyridine rings is 1. The maximum atomic E-state index is 13.2. The minimum Gasteiger partial charge on any atom is -0.303 e. The van der Waals surface area contributed by atoms with Crippen LogP contribution in [0.4, 0.5) is 5.82 Å². The molecule has 2 saturated heterocycles. The summed E-state index contributed by atoms with van der Waals surface area (Å²) in [5.41, 5.74) is 1.07. The van der Waals surface area contributed by atoms with Crippen molar-refractivity contribution in [3.63, 3.8) is 0 Å². The van der Waals surface area contributed by atoms with E-state index in [-0.39, 0.29) is 28.8 Å². The van der Waals surface area contributed by atoms with Crippen molar-refractivity contribution < 1.29 is 13.2 Å². The van der Waals surface area contributed by atoms with Crippen LogP contribution in [0.15, 0.2) is 77.8 Å². The van der Waals surface area contributed by atoms with Crippen molar-refractivity contribution in [2.24, 2.45) is 0 Å². The van der Waals surface area contributed by atoms with Crippen molar-refractivity contribution in [3.8, 4) is 0 Å². The second kappa shape index (κ2) is 12.4. The molecule has 2 atom stereocenters. The van der Waals surface area contributed by atoms with Crippen LogP contribution in [0.25, 0.3) is 0 Å². The second-order valence-electron chi connectivity index (χ2n) is 10.2. The standard InChI is InChI=1S/C29H32Cl2N4O3S/c30-25-11-9-21(20-26(25)31)24-10-12-29(36)35(28-8-4-5-16-32-28)27(24)15-19-34-17-13-22(14-18-34)33-39(37,38)23-6-2-1-3-7-23/h1-9,11,16,20,22,24,27,33H,10,12-15,17-19H2/t24-,27?/m0/s1. The average molecular weight is 588 g/mol. The Morgan fingerprint density at radius 1 is 0.923 bits per heavy atom. The highest BCUT2D eigenvalue weighted by Crippen LogP contribution is 2.39. The van der Waals surface area contributed by atoms with Gasteiger partial charge in [0, 0.05) is 37.2 Å². The third-order valence-electron chi connectivity index (χ3n) is 7.71. The number of rotatable bonds is 8. The van der Waals surface area contributed by atoms with Crippen LogP contribution in [0.3, 0.4) is 0 Å². The van der Waals surface area contributed by atoms with E-state index in [1.807, 2.05) is 41.3 Å². The molecule has 39 heavy (non-hydrogen) atoms. The predicted octanol–water partition coefficient (Wildman–Crippen LogP) is 5.50. The van der Waals surface area contributed by atoms with E-state index in [0.29, 0.717) is 22.3 Å².